The number of amides is 2. The molecule has 1 aromatic carbocycles. The lowest BCUT2D eigenvalue weighted by molar-refractivity contribution is -0.136. The number of thiophene rings is 1. The second-order valence-electron chi connectivity index (χ2n) is 5.02. The van der Waals surface area contributed by atoms with Crippen molar-refractivity contribution in [3.05, 3.63) is 51.7 Å². The summed E-state index contributed by atoms with van der Waals surface area (Å²) in [6.07, 6.45) is -0.810. The molecule has 6 heteroatoms. The molecule has 2 aromatic rings. The number of anilines is 1. The Bertz CT molecular complexity index is 682. The van der Waals surface area contributed by atoms with Crippen molar-refractivity contribution in [2.45, 2.75) is 20.0 Å². The van der Waals surface area contributed by atoms with E-state index in [2.05, 4.69) is 10.6 Å². The minimum atomic E-state index is -0.810. The molecule has 0 fully saturated rings. The van der Waals surface area contributed by atoms with Gasteiger partial charge in [0.25, 0.3) is 0 Å². The SMILES string of the molecule is Cc1cccc(NC(=O)C(=O)NCC(O)c2sccc2C)c1. The molecule has 1 heterocycles. The third kappa shape index (κ3) is 4.16. The second kappa shape index (κ2) is 7.20. The van der Waals surface area contributed by atoms with Crippen LogP contribution in [0.5, 0.6) is 0 Å². The van der Waals surface area contributed by atoms with Crippen LogP contribution in [0.3, 0.4) is 0 Å². The van der Waals surface area contributed by atoms with Gasteiger partial charge in [-0.2, -0.15) is 0 Å². The Morgan fingerprint density at radius 2 is 2.00 bits per heavy atom. The first kappa shape index (κ1) is 16.2. The number of aliphatic hydroxyl groups excluding tert-OH is 1. The maximum Gasteiger partial charge on any atom is 0.313 e. The summed E-state index contributed by atoms with van der Waals surface area (Å²) in [5.41, 5.74) is 2.52. The van der Waals surface area contributed by atoms with Crippen LogP contribution in [0, 0.1) is 13.8 Å². The molecule has 2 amide bonds. The molecule has 116 valence electrons. The predicted octanol–water partition coefficient (Wildman–Crippen LogP) is 2.15. The second-order valence-corrected chi connectivity index (χ2v) is 5.96. The van der Waals surface area contributed by atoms with E-state index in [9.17, 15) is 14.7 Å². The summed E-state index contributed by atoms with van der Waals surface area (Å²) in [6.45, 7) is 3.79. The Morgan fingerprint density at radius 3 is 2.64 bits per heavy atom. The van der Waals surface area contributed by atoms with Gasteiger partial charge in [-0.1, -0.05) is 12.1 Å². The van der Waals surface area contributed by atoms with E-state index in [0.717, 1.165) is 16.0 Å². The van der Waals surface area contributed by atoms with Crippen LogP contribution < -0.4 is 10.6 Å². The fourth-order valence-corrected chi connectivity index (χ4v) is 2.91. The number of carbonyl (C=O) groups excluding carboxylic acids is 2. The number of nitrogens with one attached hydrogen (secondary N) is 2. The number of aryl methyl sites for hydroxylation is 2. The molecular formula is C16H18N2O3S. The van der Waals surface area contributed by atoms with Gasteiger partial charge in [0.15, 0.2) is 0 Å². The lowest BCUT2D eigenvalue weighted by Crippen LogP contribution is -2.37. The van der Waals surface area contributed by atoms with Gasteiger partial charge in [0, 0.05) is 17.1 Å². The molecule has 0 aliphatic heterocycles. The van der Waals surface area contributed by atoms with E-state index in [1.165, 1.54) is 11.3 Å². The Balaban J connectivity index is 1.87. The van der Waals surface area contributed by atoms with Crippen LogP contribution in [0.25, 0.3) is 0 Å². The number of aliphatic hydroxyl groups is 1. The Morgan fingerprint density at radius 1 is 1.23 bits per heavy atom. The Labute approximate surface area is 133 Å². The molecule has 1 aromatic heterocycles. The van der Waals surface area contributed by atoms with Crippen molar-refractivity contribution in [1.82, 2.24) is 5.32 Å². The van der Waals surface area contributed by atoms with Crippen molar-refractivity contribution in [1.29, 1.82) is 0 Å². The molecule has 0 saturated carbocycles. The van der Waals surface area contributed by atoms with Crippen LogP contribution in [0.4, 0.5) is 5.69 Å². The number of hydrogen-bond donors (Lipinski definition) is 3. The summed E-state index contributed by atoms with van der Waals surface area (Å²) in [5, 5.41) is 16.8. The molecule has 2 rings (SSSR count). The van der Waals surface area contributed by atoms with Crippen molar-refractivity contribution in [3.63, 3.8) is 0 Å². The Hall–Kier alpha value is -2.18. The van der Waals surface area contributed by atoms with E-state index in [0.29, 0.717) is 5.69 Å². The fourth-order valence-electron chi connectivity index (χ4n) is 2.00. The molecule has 0 aliphatic rings. The lowest BCUT2D eigenvalue weighted by Gasteiger charge is -2.11. The quantitative estimate of drug-likeness (QED) is 0.756. The molecule has 22 heavy (non-hydrogen) atoms. The summed E-state index contributed by atoms with van der Waals surface area (Å²) < 4.78 is 0. The van der Waals surface area contributed by atoms with Gasteiger partial charge in [-0.25, -0.2) is 0 Å². The van der Waals surface area contributed by atoms with Crippen LogP contribution in [0.1, 0.15) is 22.1 Å². The average molecular weight is 318 g/mol. The molecule has 3 N–H and O–H groups in total. The largest absolute Gasteiger partial charge is 0.386 e. The monoisotopic (exact) mass is 318 g/mol. The highest BCUT2D eigenvalue weighted by molar-refractivity contribution is 7.10. The zero-order valence-corrected chi connectivity index (χ0v) is 13.2. The normalized spacial score (nSPS) is 11.8. The summed E-state index contributed by atoms with van der Waals surface area (Å²) in [4.78, 5) is 24.3. The summed E-state index contributed by atoms with van der Waals surface area (Å²) >= 11 is 1.42. The highest BCUT2D eigenvalue weighted by Gasteiger charge is 2.17. The lowest BCUT2D eigenvalue weighted by atomic mass is 10.2. The van der Waals surface area contributed by atoms with Gasteiger partial charge in [0.1, 0.15) is 6.10 Å². The molecule has 0 saturated heterocycles. The minimum absolute atomic E-state index is 0.00141. The standard InChI is InChI=1S/C16H18N2O3S/c1-10-4-3-5-12(8-10)18-16(21)15(20)17-9-13(19)14-11(2)6-7-22-14/h3-8,13,19H,9H2,1-2H3,(H,17,20)(H,18,21). The molecule has 1 unspecified atom stereocenters. The third-order valence-electron chi connectivity index (χ3n) is 3.14. The first-order valence-electron chi connectivity index (χ1n) is 6.85. The van der Waals surface area contributed by atoms with Crippen molar-refractivity contribution in [2.75, 3.05) is 11.9 Å². The summed E-state index contributed by atoms with van der Waals surface area (Å²) in [6, 6.07) is 9.08. The number of carbonyl (C=O) groups is 2. The van der Waals surface area contributed by atoms with Crippen molar-refractivity contribution < 1.29 is 14.7 Å². The van der Waals surface area contributed by atoms with Gasteiger partial charge in [0.05, 0.1) is 0 Å². The van der Waals surface area contributed by atoms with E-state index >= 15 is 0 Å². The van der Waals surface area contributed by atoms with Gasteiger partial charge >= 0.3 is 11.8 Å². The molecule has 0 bridgehead atoms. The Kier molecular flexibility index (Phi) is 5.30. The predicted molar refractivity (Wildman–Crippen MR) is 86.8 cm³/mol. The highest BCUT2D eigenvalue weighted by atomic mass is 32.1. The highest BCUT2D eigenvalue weighted by Crippen LogP contribution is 2.23. The van der Waals surface area contributed by atoms with Crippen molar-refractivity contribution >= 4 is 28.8 Å². The third-order valence-corrected chi connectivity index (χ3v) is 4.26. The minimum Gasteiger partial charge on any atom is -0.386 e. The molecule has 5 nitrogen and oxygen atoms in total. The van der Waals surface area contributed by atoms with Crippen LogP contribution in [-0.2, 0) is 9.59 Å². The maximum absolute atomic E-state index is 11.8. The van der Waals surface area contributed by atoms with E-state index in [-0.39, 0.29) is 6.54 Å². The van der Waals surface area contributed by atoms with E-state index < -0.39 is 17.9 Å². The van der Waals surface area contributed by atoms with Gasteiger partial charge < -0.3 is 15.7 Å². The maximum atomic E-state index is 11.8. The summed E-state index contributed by atoms with van der Waals surface area (Å²) in [5.74, 6) is -1.52. The molecule has 0 radical (unpaired) electrons. The van der Waals surface area contributed by atoms with Crippen LogP contribution in [0.2, 0.25) is 0 Å². The zero-order valence-electron chi connectivity index (χ0n) is 12.4. The van der Waals surface area contributed by atoms with Crippen LogP contribution >= 0.6 is 11.3 Å². The van der Waals surface area contributed by atoms with Crippen molar-refractivity contribution in [3.8, 4) is 0 Å². The topological polar surface area (TPSA) is 78.4 Å². The molecule has 0 aliphatic carbocycles. The fraction of sp³-hybridized carbons (Fsp3) is 0.250. The smallest absolute Gasteiger partial charge is 0.313 e. The molecule has 1 atom stereocenters. The average Bonchev–Trinajstić information content (AvgIpc) is 2.90. The number of hydrogen-bond acceptors (Lipinski definition) is 4. The van der Waals surface area contributed by atoms with Crippen molar-refractivity contribution in [2.24, 2.45) is 0 Å². The summed E-state index contributed by atoms with van der Waals surface area (Å²) in [7, 11) is 0. The number of benzene rings is 1. The van der Waals surface area contributed by atoms with Crippen LogP contribution in [-0.4, -0.2) is 23.5 Å². The molecule has 0 spiro atoms. The van der Waals surface area contributed by atoms with E-state index in [1.54, 1.807) is 18.2 Å². The first-order chi connectivity index (χ1) is 10.5. The molecular weight excluding hydrogens is 300 g/mol. The van der Waals surface area contributed by atoms with Gasteiger partial charge in [0.2, 0.25) is 0 Å². The van der Waals surface area contributed by atoms with Crippen LogP contribution in [0.15, 0.2) is 35.7 Å². The first-order valence-corrected chi connectivity index (χ1v) is 7.73. The van der Waals surface area contributed by atoms with Gasteiger partial charge in [-0.3, -0.25) is 9.59 Å². The van der Waals surface area contributed by atoms with Gasteiger partial charge in [-0.15, -0.1) is 11.3 Å². The van der Waals surface area contributed by atoms with E-state index in [1.807, 2.05) is 31.4 Å². The van der Waals surface area contributed by atoms with E-state index in [4.69, 9.17) is 0 Å². The zero-order chi connectivity index (χ0) is 16.1. The van der Waals surface area contributed by atoms with Gasteiger partial charge in [-0.05, 0) is 48.6 Å². The number of rotatable bonds is 4.